The summed E-state index contributed by atoms with van der Waals surface area (Å²) in [6.45, 7) is 11.6. The van der Waals surface area contributed by atoms with E-state index >= 15 is 0 Å². The van der Waals surface area contributed by atoms with Crippen molar-refractivity contribution in [1.29, 1.82) is 0 Å². The second kappa shape index (κ2) is 6.69. The number of nitrogens with zero attached hydrogens (tertiary/aromatic N) is 1. The monoisotopic (exact) mass is 266 g/mol. The molecule has 0 amide bonds. The van der Waals surface area contributed by atoms with Gasteiger partial charge in [0.1, 0.15) is 0 Å². The van der Waals surface area contributed by atoms with Crippen molar-refractivity contribution in [3.8, 4) is 0 Å². The molecule has 18 heavy (non-hydrogen) atoms. The fourth-order valence-corrected chi connectivity index (χ4v) is 3.37. The Morgan fingerprint density at radius 2 is 2.22 bits per heavy atom. The molecule has 1 aromatic rings. The van der Waals surface area contributed by atoms with Gasteiger partial charge >= 0.3 is 0 Å². The molecule has 1 unspecified atom stereocenters. The highest BCUT2D eigenvalue weighted by atomic mass is 32.1. The first-order valence-corrected chi connectivity index (χ1v) is 8.04. The third kappa shape index (κ3) is 3.81. The highest BCUT2D eigenvalue weighted by molar-refractivity contribution is 7.10. The van der Waals surface area contributed by atoms with Crippen molar-refractivity contribution >= 4 is 11.3 Å². The normalized spacial score (nSPS) is 18.0. The molecule has 0 bridgehead atoms. The zero-order chi connectivity index (χ0) is 13.0. The van der Waals surface area contributed by atoms with E-state index in [0.29, 0.717) is 6.04 Å². The number of hydrogen-bond donors (Lipinski definition) is 1. The van der Waals surface area contributed by atoms with E-state index in [0.717, 1.165) is 25.6 Å². The lowest BCUT2D eigenvalue weighted by molar-refractivity contribution is 0.188. The molecular formula is C15H26N2S. The summed E-state index contributed by atoms with van der Waals surface area (Å²) >= 11 is 1.92. The van der Waals surface area contributed by atoms with Crippen molar-refractivity contribution in [1.82, 2.24) is 10.2 Å². The first kappa shape index (κ1) is 14.0. The molecule has 3 heteroatoms. The maximum atomic E-state index is 3.59. The van der Waals surface area contributed by atoms with Crippen LogP contribution in [0.15, 0.2) is 11.4 Å². The summed E-state index contributed by atoms with van der Waals surface area (Å²) in [5, 5.41) is 5.83. The van der Waals surface area contributed by atoms with Crippen LogP contribution in [0.2, 0.25) is 0 Å². The minimum absolute atomic E-state index is 0.644. The highest BCUT2D eigenvalue weighted by Crippen LogP contribution is 2.24. The summed E-state index contributed by atoms with van der Waals surface area (Å²) in [7, 11) is 0. The lowest BCUT2D eigenvalue weighted by atomic mass is 10.1. The molecule has 2 heterocycles. The first-order chi connectivity index (χ1) is 8.66. The molecule has 2 nitrogen and oxygen atoms in total. The Bertz CT molecular complexity index is 359. The predicted octanol–water partition coefficient (Wildman–Crippen LogP) is 3.13. The summed E-state index contributed by atoms with van der Waals surface area (Å²) in [6, 6.07) is 2.94. The number of nitrogens with one attached hydrogen (secondary N) is 1. The molecule has 1 aliphatic rings. The lowest BCUT2D eigenvalue weighted by Gasteiger charge is -2.32. The molecule has 1 aromatic heterocycles. The minimum Gasteiger partial charge on any atom is -0.315 e. The van der Waals surface area contributed by atoms with Crippen molar-refractivity contribution in [3.63, 3.8) is 0 Å². The van der Waals surface area contributed by atoms with Crippen molar-refractivity contribution in [2.45, 2.75) is 46.2 Å². The van der Waals surface area contributed by atoms with E-state index in [1.807, 2.05) is 11.3 Å². The molecule has 1 N–H and O–H groups in total. The van der Waals surface area contributed by atoms with Crippen LogP contribution in [0.5, 0.6) is 0 Å². The Labute approximate surface area is 115 Å². The molecule has 1 atom stereocenters. The third-order valence-corrected chi connectivity index (χ3v) is 4.82. The van der Waals surface area contributed by atoms with Gasteiger partial charge in [0.2, 0.25) is 0 Å². The van der Waals surface area contributed by atoms with E-state index in [2.05, 4.69) is 42.4 Å². The van der Waals surface area contributed by atoms with Gasteiger partial charge in [-0.05, 0) is 49.2 Å². The van der Waals surface area contributed by atoms with E-state index in [-0.39, 0.29) is 0 Å². The van der Waals surface area contributed by atoms with Crippen LogP contribution in [0.4, 0.5) is 0 Å². The van der Waals surface area contributed by atoms with Gasteiger partial charge in [-0.2, -0.15) is 0 Å². The van der Waals surface area contributed by atoms with Gasteiger partial charge in [0.15, 0.2) is 0 Å². The third-order valence-electron chi connectivity index (χ3n) is 3.80. The molecule has 0 radical (unpaired) electrons. The SMILES string of the molecule is CC(C)CCNCC(C)N1CCc2sccc2C1. The van der Waals surface area contributed by atoms with Gasteiger partial charge in [0, 0.05) is 30.6 Å². The van der Waals surface area contributed by atoms with Crippen molar-refractivity contribution in [2.24, 2.45) is 5.92 Å². The van der Waals surface area contributed by atoms with Gasteiger partial charge in [-0.25, -0.2) is 0 Å². The van der Waals surface area contributed by atoms with E-state index in [1.165, 1.54) is 19.4 Å². The van der Waals surface area contributed by atoms with Crippen molar-refractivity contribution in [3.05, 3.63) is 21.9 Å². The predicted molar refractivity (Wildman–Crippen MR) is 80.2 cm³/mol. The molecule has 0 aliphatic carbocycles. The van der Waals surface area contributed by atoms with Crippen molar-refractivity contribution < 1.29 is 0 Å². The zero-order valence-electron chi connectivity index (χ0n) is 11.9. The summed E-state index contributed by atoms with van der Waals surface area (Å²) in [6.07, 6.45) is 2.52. The van der Waals surface area contributed by atoms with E-state index in [4.69, 9.17) is 0 Å². The second-order valence-corrected chi connectivity index (χ2v) is 6.83. The van der Waals surface area contributed by atoms with Gasteiger partial charge in [-0.15, -0.1) is 11.3 Å². The lowest BCUT2D eigenvalue weighted by Crippen LogP contribution is -2.43. The maximum absolute atomic E-state index is 3.59. The summed E-state index contributed by atoms with van der Waals surface area (Å²) < 4.78 is 0. The summed E-state index contributed by atoms with van der Waals surface area (Å²) in [5.74, 6) is 0.802. The highest BCUT2D eigenvalue weighted by Gasteiger charge is 2.20. The van der Waals surface area contributed by atoms with Crippen LogP contribution in [0.3, 0.4) is 0 Å². The Morgan fingerprint density at radius 1 is 1.39 bits per heavy atom. The fourth-order valence-electron chi connectivity index (χ4n) is 2.48. The standard InChI is InChI=1S/C15H26N2S/c1-12(2)4-7-16-10-13(3)17-8-5-15-14(11-17)6-9-18-15/h6,9,12-13,16H,4-5,7-8,10-11H2,1-3H3. The molecule has 102 valence electrons. The van der Waals surface area contributed by atoms with Crippen LogP contribution in [0, 0.1) is 5.92 Å². The topological polar surface area (TPSA) is 15.3 Å². The molecule has 0 fully saturated rings. The molecule has 0 spiro atoms. The Kier molecular flexibility index (Phi) is 5.22. The van der Waals surface area contributed by atoms with Gasteiger partial charge in [0.25, 0.3) is 0 Å². The Hall–Kier alpha value is -0.380. The Morgan fingerprint density at radius 3 is 3.00 bits per heavy atom. The number of rotatable bonds is 6. The summed E-state index contributed by atoms with van der Waals surface area (Å²) in [5.41, 5.74) is 1.56. The van der Waals surface area contributed by atoms with Gasteiger partial charge in [-0.3, -0.25) is 4.90 Å². The van der Waals surface area contributed by atoms with Crippen LogP contribution >= 0.6 is 11.3 Å². The molecule has 0 aromatic carbocycles. The maximum Gasteiger partial charge on any atom is 0.0248 e. The van der Waals surface area contributed by atoms with E-state index in [1.54, 1.807) is 10.4 Å². The largest absolute Gasteiger partial charge is 0.315 e. The van der Waals surface area contributed by atoms with Crippen LogP contribution in [-0.4, -0.2) is 30.6 Å². The Balaban J connectivity index is 1.72. The molecule has 0 saturated carbocycles. The van der Waals surface area contributed by atoms with Gasteiger partial charge in [-0.1, -0.05) is 13.8 Å². The summed E-state index contributed by atoms with van der Waals surface area (Å²) in [4.78, 5) is 4.21. The molecule has 2 rings (SSSR count). The van der Waals surface area contributed by atoms with Gasteiger partial charge < -0.3 is 5.32 Å². The average Bonchev–Trinajstić information content (AvgIpc) is 2.81. The van der Waals surface area contributed by atoms with Crippen LogP contribution in [0.1, 0.15) is 37.6 Å². The fraction of sp³-hybridized carbons (Fsp3) is 0.733. The van der Waals surface area contributed by atoms with E-state index in [9.17, 15) is 0 Å². The molecular weight excluding hydrogens is 240 g/mol. The minimum atomic E-state index is 0.644. The first-order valence-electron chi connectivity index (χ1n) is 7.17. The van der Waals surface area contributed by atoms with E-state index < -0.39 is 0 Å². The molecule has 1 aliphatic heterocycles. The zero-order valence-corrected chi connectivity index (χ0v) is 12.7. The van der Waals surface area contributed by atoms with Crippen LogP contribution in [-0.2, 0) is 13.0 Å². The smallest absolute Gasteiger partial charge is 0.0248 e. The van der Waals surface area contributed by atoms with Gasteiger partial charge in [0.05, 0.1) is 0 Å². The van der Waals surface area contributed by atoms with Crippen LogP contribution < -0.4 is 5.32 Å². The molecule has 0 saturated heterocycles. The number of fused-ring (bicyclic) bond motifs is 1. The number of hydrogen-bond acceptors (Lipinski definition) is 3. The second-order valence-electron chi connectivity index (χ2n) is 5.83. The average molecular weight is 266 g/mol. The van der Waals surface area contributed by atoms with Crippen molar-refractivity contribution in [2.75, 3.05) is 19.6 Å². The number of thiophene rings is 1. The quantitative estimate of drug-likeness (QED) is 0.796. The van der Waals surface area contributed by atoms with Crippen LogP contribution in [0.25, 0.3) is 0 Å².